The van der Waals surface area contributed by atoms with Gasteiger partial charge >= 0.3 is 0 Å². The van der Waals surface area contributed by atoms with Crippen molar-refractivity contribution in [1.82, 2.24) is 0 Å². The number of aryl methyl sites for hydroxylation is 3. The van der Waals surface area contributed by atoms with Gasteiger partial charge in [0, 0.05) is 16.3 Å². The number of amides is 2. The fraction of sp³-hybridized carbons (Fsp3) is 0.217. The summed E-state index contributed by atoms with van der Waals surface area (Å²) < 4.78 is 0. The Morgan fingerprint density at radius 1 is 1.04 bits per heavy atom. The molecule has 2 aromatic carbocycles. The number of anilines is 2. The van der Waals surface area contributed by atoms with E-state index >= 15 is 0 Å². The molecule has 1 N–H and O–H groups in total. The number of nitrogens with one attached hydrogen (secondary N) is 1. The molecule has 1 aromatic heterocycles. The van der Waals surface area contributed by atoms with E-state index in [0.717, 1.165) is 32.9 Å². The average Bonchev–Trinajstić information content (AvgIpc) is 3.18. The molecule has 1 fully saturated rings. The minimum absolute atomic E-state index is 0.0414. The SMILES string of the molecule is Cc1ccc(N2C(=O)C[C@]2(C(=O)Nc2ccccc2C)c2cccs2)c(C)c1. The zero-order chi connectivity index (χ0) is 19.9. The van der Waals surface area contributed by atoms with Crippen LogP contribution in [0.1, 0.15) is 28.0 Å². The van der Waals surface area contributed by atoms with Gasteiger partial charge in [0.15, 0.2) is 5.54 Å². The summed E-state index contributed by atoms with van der Waals surface area (Å²) in [5.74, 6) is -0.218. The maximum absolute atomic E-state index is 13.6. The van der Waals surface area contributed by atoms with E-state index in [2.05, 4.69) is 5.32 Å². The normalized spacial score (nSPS) is 18.7. The van der Waals surface area contributed by atoms with Crippen LogP contribution in [0.15, 0.2) is 60.0 Å². The molecule has 1 atom stereocenters. The summed E-state index contributed by atoms with van der Waals surface area (Å²) in [6.45, 7) is 5.96. The number of benzene rings is 2. The van der Waals surface area contributed by atoms with Crippen LogP contribution in [-0.2, 0) is 15.1 Å². The summed E-state index contributed by atoms with van der Waals surface area (Å²) in [6, 6.07) is 17.5. The van der Waals surface area contributed by atoms with Crippen molar-refractivity contribution in [2.45, 2.75) is 32.7 Å². The van der Waals surface area contributed by atoms with Gasteiger partial charge in [-0.05, 0) is 55.5 Å². The van der Waals surface area contributed by atoms with E-state index < -0.39 is 5.54 Å². The van der Waals surface area contributed by atoms with Gasteiger partial charge in [-0.25, -0.2) is 0 Å². The van der Waals surface area contributed by atoms with Crippen LogP contribution in [0.4, 0.5) is 11.4 Å². The Labute approximate surface area is 168 Å². The molecule has 142 valence electrons. The summed E-state index contributed by atoms with van der Waals surface area (Å²) in [6.07, 6.45) is 0.165. The molecule has 5 heteroatoms. The van der Waals surface area contributed by atoms with E-state index in [9.17, 15) is 9.59 Å². The van der Waals surface area contributed by atoms with Gasteiger partial charge < -0.3 is 5.32 Å². The van der Waals surface area contributed by atoms with E-state index in [1.54, 1.807) is 4.90 Å². The summed E-state index contributed by atoms with van der Waals surface area (Å²) >= 11 is 1.50. The van der Waals surface area contributed by atoms with Crippen molar-refractivity contribution in [2.24, 2.45) is 0 Å². The Hall–Kier alpha value is -2.92. The van der Waals surface area contributed by atoms with E-state index in [4.69, 9.17) is 0 Å². The monoisotopic (exact) mass is 390 g/mol. The third-order valence-electron chi connectivity index (χ3n) is 5.33. The molecule has 0 radical (unpaired) electrons. The molecule has 2 heterocycles. The van der Waals surface area contributed by atoms with Gasteiger partial charge in [0.05, 0.1) is 6.42 Å². The fourth-order valence-corrected chi connectivity index (χ4v) is 4.75. The number of thiophene rings is 1. The quantitative estimate of drug-likeness (QED) is 0.641. The number of para-hydroxylation sites is 1. The van der Waals surface area contributed by atoms with Gasteiger partial charge in [-0.15, -0.1) is 11.3 Å². The topological polar surface area (TPSA) is 49.4 Å². The maximum Gasteiger partial charge on any atom is 0.256 e. The van der Waals surface area contributed by atoms with Crippen molar-refractivity contribution in [3.8, 4) is 0 Å². The van der Waals surface area contributed by atoms with Crippen LogP contribution in [0.3, 0.4) is 0 Å². The number of carbonyl (C=O) groups is 2. The lowest BCUT2D eigenvalue weighted by molar-refractivity contribution is -0.137. The van der Waals surface area contributed by atoms with Gasteiger partial charge in [-0.3, -0.25) is 14.5 Å². The molecule has 4 rings (SSSR count). The van der Waals surface area contributed by atoms with Crippen LogP contribution in [0.5, 0.6) is 0 Å². The largest absolute Gasteiger partial charge is 0.323 e. The highest BCUT2D eigenvalue weighted by Gasteiger charge is 2.59. The van der Waals surface area contributed by atoms with Crippen molar-refractivity contribution in [2.75, 3.05) is 10.2 Å². The van der Waals surface area contributed by atoms with Crippen LogP contribution >= 0.6 is 11.3 Å². The Morgan fingerprint density at radius 2 is 1.82 bits per heavy atom. The fourth-order valence-electron chi connectivity index (χ4n) is 3.84. The molecule has 1 aliphatic heterocycles. The first kappa shape index (κ1) is 18.4. The lowest BCUT2D eigenvalue weighted by Crippen LogP contribution is -2.67. The lowest BCUT2D eigenvalue weighted by Gasteiger charge is -2.50. The van der Waals surface area contributed by atoms with Crippen molar-refractivity contribution in [1.29, 1.82) is 0 Å². The van der Waals surface area contributed by atoms with E-state index in [1.807, 2.05) is 80.7 Å². The molecule has 1 aliphatic rings. The van der Waals surface area contributed by atoms with Gasteiger partial charge in [-0.2, -0.15) is 0 Å². The van der Waals surface area contributed by atoms with Crippen LogP contribution < -0.4 is 10.2 Å². The van der Waals surface area contributed by atoms with Gasteiger partial charge in [-0.1, -0.05) is 42.0 Å². The number of hydrogen-bond donors (Lipinski definition) is 1. The second-order valence-corrected chi connectivity index (χ2v) is 8.25. The summed E-state index contributed by atoms with van der Waals surface area (Å²) in [7, 11) is 0. The zero-order valence-electron chi connectivity index (χ0n) is 16.2. The average molecular weight is 391 g/mol. The number of hydrogen-bond acceptors (Lipinski definition) is 3. The van der Waals surface area contributed by atoms with E-state index in [-0.39, 0.29) is 18.2 Å². The number of nitrogens with zero attached hydrogens (tertiary/aromatic N) is 1. The molecular formula is C23H22N2O2S. The molecule has 0 spiro atoms. The lowest BCUT2D eigenvalue weighted by atomic mass is 9.80. The predicted molar refractivity (Wildman–Crippen MR) is 114 cm³/mol. The highest BCUT2D eigenvalue weighted by Crippen LogP contribution is 2.48. The number of rotatable bonds is 4. The Balaban J connectivity index is 1.80. The van der Waals surface area contributed by atoms with Gasteiger partial charge in [0.25, 0.3) is 5.91 Å². The number of β-lactam (4-membered cyclic amide) rings is 1. The third kappa shape index (κ3) is 2.83. The molecule has 4 nitrogen and oxygen atoms in total. The number of carbonyl (C=O) groups excluding carboxylic acids is 2. The minimum Gasteiger partial charge on any atom is -0.323 e. The van der Waals surface area contributed by atoms with E-state index in [1.165, 1.54) is 11.3 Å². The molecule has 28 heavy (non-hydrogen) atoms. The smallest absolute Gasteiger partial charge is 0.256 e. The Morgan fingerprint density at radius 3 is 2.46 bits per heavy atom. The molecule has 2 amide bonds. The molecule has 0 unspecified atom stereocenters. The van der Waals surface area contributed by atoms with Crippen LogP contribution in [-0.4, -0.2) is 11.8 Å². The standard InChI is InChI=1S/C23H22N2O2S/c1-15-10-11-19(17(3)13-15)25-21(26)14-23(25,20-9-6-12-28-20)22(27)24-18-8-5-4-7-16(18)2/h4-13H,14H2,1-3H3,(H,24,27)/t23-/m1/s1. The summed E-state index contributed by atoms with van der Waals surface area (Å²) in [5.41, 5.74) is 3.63. The first-order chi connectivity index (χ1) is 13.4. The second-order valence-electron chi connectivity index (χ2n) is 7.30. The van der Waals surface area contributed by atoms with Crippen molar-refractivity contribution < 1.29 is 9.59 Å². The van der Waals surface area contributed by atoms with Crippen molar-refractivity contribution >= 4 is 34.5 Å². The van der Waals surface area contributed by atoms with Gasteiger partial charge in [0.1, 0.15) is 0 Å². The first-order valence-electron chi connectivity index (χ1n) is 9.25. The molecule has 3 aromatic rings. The molecule has 0 bridgehead atoms. The van der Waals surface area contributed by atoms with Crippen LogP contribution in [0, 0.1) is 20.8 Å². The molecule has 1 saturated heterocycles. The first-order valence-corrected chi connectivity index (χ1v) is 10.1. The summed E-state index contributed by atoms with van der Waals surface area (Å²) in [4.78, 5) is 28.9. The summed E-state index contributed by atoms with van der Waals surface area (Å²) in [5, 5.41) is 5.01. The molecule has 0 aliphatic carbocycles. The third-order valence-corrected chi connectivity index (χ3v) is 6.35. The molecular weight excluding hydrogens is 368 g/mol. The second kappa shape index (κ2) is 6.91. The van der Waals surface area contributed by atoms with E-state index in [0.29, 0.717) is 0 Å². The van der Waals surface area contributed by atoms with Crippen molar-refractivity contribution in [3.63, 3.8) is 0 Å². The zero-order valence-corrected chi connectivity index (χ0v) is 17.0. The highest BCUT2D eigenvalue weighted by molar-refractivity contribution is 7.10. The minimum atomic E-state index is -1.02. The van der Waals surface area contributed by atoms with Gasteiger partial charge in [0.2, 0.25) is 5.91 Å². The Kier molecular flexibility index (Phi) is 4.55. The highest BCUT2D eigenvalue weighted by atomic mass is 32.1. The van der Waals surface area contributed by atoms with Crippen molar-refractivity contribution in [3.05, 3.63) is 81.5 Å². The maximum atomic E-state index is 13.6. The molecule has 0 saturated carbocycles. The van der Waals surface area contributed by atoms with Crippen LogP contribution in [0.2, 0.25) is 0 Å². The predicted octanol–water partition coefficient (Wildman–Crippen LogP) is 4.94. The Bertz CT molecular complexity index is 1060. The van der Waals surface area contributed by atoms with Crippen LogP contribution in [0.25, 0.3) is 0 Å².